The lowest BCUT2D eigenvalue weighted by Gasteiger charge is -2.35. The number of benzene rings is 2. The fraction of sp³-hybridized carbons (Fsp3) is 0.333. The Morgan fingerprint density at radius 2 is 1.75 bits per heavy atom. The predicted octanol–water partition coefficient (Wildman–Crippen LogP) is 6.44. The predicted molar refractivity (Wildman–Crippen MR) is 143 cm³/mol. The van der Waals surface area contributed by atoms with Gasteiger partial charge >= 0.3 is 0 Å². The highest BCUT2D eigenvalue weighted by Gasteiger charge is 2.41. The normalized spacial score (nSPS) is 19.3. The molecule has 0 bridgehead atoms. The van der Waals surface area contributed by atoms with E-state index in [2.05, 4.69) is 48.3 Å². The number of nitrogens with zero attached hydrogens (tertiary/aromatic N) is 2. The van der Waals surface area contributed by atoms with Crippen molar-refractivity contribution in [3.63, 3.8) is 0 Å². The SMILES string of the molecule is CCC(=O)N1c2ccccc2NC2=C(C(=O)C[C@@H](c3ccco3)C2)[C@H]1c1ccc(N(CC)CC)cc1. The molecule has 3 aromatic rings. The molecule has 6 nitrogen and oxygen atoms in total. The van der Waals surface area contributed by atoms with Crippen molar-refractivity contribution in [3.8, 4) is 0 Å². The van der Waals surface area contributed by atoms with Crippen LogP contribution in [0.4, 0.5) is 17.1 Å². The summed E-state index contributed by atoms with van der Waals surface area (Å²) in [5.41, 5.74) is 5.23. The summed E-state index contributed by atoms with van der Waals surface area (Å²) in [6, 6.07) is 19.5. The maximum Gasteiger partial charge on any atom is 0.227 e. The molecule has 0 radical (unpaired) electrons. The van der Waals surface area contributed by atoms with Crippen LogP contribution in [0.15, 0.2) is 82.6 Å². The molecule has 2 heterocycles. The van der Waals surface area contributed by atoms with Crippen LogP contribution < -0.4 is 15.1 Å². The van der Waals surface area contributed by atoms with E-state index < -0.39 is 6.04 Å². The molecule has 1 amide bonds. The lowest BCUT2D eigenvalue weighted by molar-refractivity contribution is -0.119. The number of allylic oxidation sites excluding steroid dienone is 1. The monoisotopic (exact) mass is 483 g/mol. The van der Waals surface area contributed by atoms with Crippen molar-refractivity contribution in [2.24, 2.45) is 0 Å². The number of rotatable bonds is 6. The van der Waals surface area contributed by atoms with Crippen molar-refractivity contribution < 1.29 is 14.0 Å². The number of hydrogen-bond acceptors (Lipinski definition) is 5. The van der Waals surface area contributed by atoms with Crippen LogP contribution in [-0.2, 0) is 9.59 Å². The van der Waals surface area contributed by atoms with Gasteiger partial charge in [0, 0.05) is 48.8 Å². The molecule has 0 saturated carbocycles. The van der Waals surface area contributed by atoms with Crippen LogP contribution in [0.2, 0.25) is 0 Å². The van der Waals surface area contributed by atoms with Gasteiger partial charge in [-0.25, -0.2) is 0 Å². The second kappa shape index (κ2) is 10.1. The number of furan rings is 1. The Balaban J connectivity index is 1.68. The number of Topliss-reactive ketones (excluding diaryl/α,β-unsaturated/α-hetero) is 1. The topological polar surface area (TPSA) is 65.8 Å². The van der Waals surface area contributed by atoms with E-state index in [1.165, 1.54) is 0 Å². The highest BCUT2D eigenvalue weighted by Crippen LogP contribution is 2.47. The van der Waals surface area contributed by atoms with Gasteiger partial charge in [-0.05, 0) is 62.2 Å². The number of carbonyl (C=O) groups is 2. The van der Waals surface area contributed by atoms with E-state index in [-0.39, 0.29) is 17.6 Å². The van der Waals surface area contributed by atoms with Crippen molar-refractivity contribution in [3.05, 3.63) is 89.5 Å². The molecule has 5 rings (SSSR count). The molecule has 186 valence electrons. The molecule has 0 spiro atoms. The Kier molecular flexibility index (Phi) is 6.68. The van der Waals surface area contributed by atoms with Crippen LogP contribution in [0.1, 0.15) is 63.3 Å². The fourth-order valence-corrected chi connectivity index (χ4v) is 5.53. The van der Waals surface area contributed by atoms with Gasteiger partial charge in [-0.2, -0.15) is 0 Å². The zero-order valence-electron chi connectivity index (χ0n) is 21.2. The van der Waals surface area contributed by atoms with E-state index >= 15 is 0 Å². The largest absolute Gasteiger partial charge is 0.469 e. The standard InChI is InChI=1S/C30H33N3O3/c1-4-28(35)33-25-11-8-7-10-23(25)31-24-18-21(27-12-9-17-36-27)19-26(34)29(24)30(33)20-13-15-22(16-14-20)32(5-2)6-3/h7-17,21,30-31H,4-6,18-19H2,1-3H3/t21-,30+/m0/s1. The molecule has 1 aliphatic heterocycles. The quantitative estimate of drug-likeness (QED) is 0.437. The first-order valence-corrected chi connectivity index (χ1v) is 12.9. The maximum atomic E-state index is 13.9. The van der Waals surface area contributed by atoms with Gasteiger partial charge in [0.1, 0.15) is 5.76 Å². The summed E-state index contributed by atoms with van der Waals surface area (Å²) in [6.07, 6.45) is 2.99. The number of nitrogens with one attached hydrogen (secondary N) is 1. The van der Waals surface area contributed by atoms with Crippen molar-refractivity contribution in [2.45, 2.75) is 52.0 Å². The molecule has 2 atom stereocenters. The van der Waals surface area contributed by atoms with Gasteiger partial charge in [-0.1, -0.05) is 31.2 Å². The Hall–Kier alpha value is -3.80. The minimum absolute atomic E-state index is 0.0169. The average molecular weight is 484 g/mol. The highest BCUT2D eigenvalue weighted by atomic mass is 16.3. The third kappa shape index (κ3) is 4.21. The molecule has 1 aromatic heterocycles. The minimum atomic E-state index is -0.501. The molecular formula is C30H33N3O3. The zero-order chi connectivity index (χ0) is 25.2. The highest BCUT2D eigenvalue weighted by molar-refractivity contribution is 6.06. The van der Waals surface area contributed by atoms with Crippen molar-refractivity contribution in [2.75, 3.05) is 28.2 Å². The summed E-state index contributed by atoms with van der Waals surface area (Å²) in [7, 11) is 0. The second-order valence-corrected chi connectivity index (χ2v) is 9.36. The molecule has 2 aromatic carbocycles. The Labute approximate surface area is 212 Å². The zero-order valence-corrected chi connectivity index (χ0v) is 21.2. The Morgan fingerprint density at radius 3 is 2.42 bits per heavy atom. The van der Waals surface area contributed by atoms with Crippen LogP contribution in [0.25, 0.3) is 0 Å². The van der Waals surface area contributed by atoms with Gasteiger partial charge in [-0.15, -0.1) is 0 Å². The van der Waals surface area contributed by atoms with E-state index in [0.717, 1.165) is 47.2 Å². The van der Waals surface area contributed by atoms with Gasteiger partial charge in [0.05, 0.1) is 23.7 Å². The first-order chi connectivity index (χ1) is 17.5. The summed E-state index contributed by atoms with van der Waals surface area (Å²) in [5, 5.41) is 3.56. The van der Waals surface area contributed by atoms with E-state index in [1.54, 1.807) is 6.26 Å². The van der Waals surface area contributed by atoms with Crippen LogP contribution in [0.5, 0.6) is 0 Å². The van der Waals surface area contributed by atoms with Crippen molar-refractivity contribution in [1.29, 1.82) is 0 Å². The average Bonchev–Trinajstić information content (AvgIpc) is 3.39. The van der Waals surface area contributed by atoms with Gasteiger partial charge in [-0.3, -0.25) is 14.5 Å². The van der Waals surface area contributed by atoms with Crippen LogP contribution in [-0.4, -0.2) is 24.8 Å². The molecule has 36 heavy (non-hydrogen) atoms. The van der Waals surface area contributed by atoms with Crippen LogP contribution in [0, 0.1) is 0 Å². The number of hydrogen-bond donors (Lipinski definition) is 1. The summed E-state index contributed by atoms with van der Waals surface area (Å²) >= 11 is 0. The summed E-state index contributed by atoms with van der Waals surface area (Å²) in [6.45, 7) is 7.98. The number of amides is 1. The maximum absolute atomic E-state index is 13.9. The lowest BCUT2D eigenvalue weighted by Crippen LogP contribution is -2.38. The molecule has 1 aliphatic carbocycles. The molecule has 0 saturated heterocycles. The number of fused-ring (bicyclic) bond motifs is 1. The fourth-order valence-electron chi connectivity index (χ4n) is 5.53. The van der Waals surface area contributed by atoms with E-state index in [9.17, 15) is 9.59 Å². The number of para-hydroxylation sites is 2. The minimum Gasteiger partial charge on any atom is -0.469 e. The molecular weight excluding hydrogens is 450 g/mol. The van der Waals surface area contributed by atoms with E-state index in [1.807, 2.05) is 48.2 Å². The molecule has 1 N–H and O–H groups in total. The van der Waals surface area contributed by atoms with Gasteiger partial charge in [0.15, 0.2) is 5.78 Å². The van der Waals surface area contributed by atoms with Crippen molar-refractivity contribution in [1.82, 2.24) is 0 Å². The first kappa shape index (κ1) is 23.9. The number of carbonyl (C=O) groups excluding carboxylic acids is 2. The lowest BCUT2D eigenvalue weighted by atomic mass is 9.80. The molecule has 2 aliphatic rings. The third-order valence-electron chi connectivity index (χ3n) is 7.34. The van der Waals surface area contributed by atoms with E-state index in [0.29, 0.717) is 24.8 Å². The summed E-state index contributed by atoms with van der Waals surface area (Å²) < 4.78 is 5.68. The number of anilines is 3. The summed E-state index contributed by atoms with van der Waals surface area (Å²) in [4.78, 5) is 31.5. The molecule has 0 unspecified atom stereocenters. The Morgan fingerprint density at radius 1 is 1.00 bits per heavy atom. The van der Waals surface area contributed by atoms with Crippen LogP contribution >= 0.6 is 0 Å². The van der Waals surface area contributed by atoms with Gasteiger partial charge in [0.2, 0.25) is 5.91 Å². The third-order valence-corrected chi connectivity index (χ3v) is 7.34. The van der Waals surface area contributed by atoms with E-state index in [4.69, 9.17) is 4.42 Å². The Bertz CT molecular complexity index is 1270. The second-order valence-electron chi connectivity index (χ2n) is 9.36. The smallest absolute Gasteiger partial charge is 0.227 e. The number of ketones is 1. The van der Waals surface area contributed by atoms with Gasteiger partial charge < -0.3 is 14.6 Å². The summed E-state index contributed by atoms with van der Waals surface area (Å²) in [5.74, 6) is 0.808. The van der Waals surface area contributed by atoms with Gasteiger partial charge in [0.25, 0.3) is 0 Å². The molecule has 0 fully saturated rings. The van der Waals surface area contributed by atoms with Crippen molar-refractivity contribution >= 4 is 28.8 Å². The molecule has 6 heteroatoms. The first-order valence-electron chi connectivity index (χ1n) is 12.9. The van der Waals surface area contributed by atoms with Crippen LogP contribution in [0.3, 0.4) is 0 Å².